The van der Waals surface area contributed by atoms with E-state index in [1.54, 1.807) is 16.8 Å². The number of benzene rings is 1. The van der Waals surface area contributed by atoms with Gasteiger partial charge >= 0.3 is 0 Å². The maximum Gasteiger partial charge on any atom is 0.123 e. The minimum absolute atomic E-state index is 0.0298. The molecule has 0 aliphatic carbocycles. The molecule has 0 aliphatic rings. The van der Waals surface area contributed by atoms with Gasteiger partial charge in [0.05, 0.1) is 11.7 Å². The molecule has 3 N–H and O–H groups in total. The number of aryl methyl sites for hydroxylation is 3. The fourth-order valence-corrected chi connectivity index (χ4v) is 2.33. The quantitative estimate of drug-likeness (QED) is 0.654. The lowest BCUT2D eigenvalue weighted by atomic mass is 9.97. The first-order valence-corrected chi connectivity index (χ1v) is 6.22. The van der Waals surface area contributed by atoms with Crippen molar-refractivity contribution in [3.63, 3.8) is 0 Å². The van der Waals surface area contributed by atoms with Gasteiger partial charge in [0.2, 0.25) is 0 Å². The Morgan fingerprint density at radius 3 is 2.68 bits per heavy atom. The van der Waals surface area contributed by atoms with Crippen molar-refractivity contribution < 1.29 is 4.39 Å². The smallest absolute Gasteiger partial charge is 0.123 e. The van der Waals surface area contributed by atoms with Crippen LogP contribution in [0.5, 0.6) is 0 Å². The summed E-state index contributed by atoms with van der Waals surface area (Å²) >= 11 is 0. The van der Waals surface area contributed by atoms with E-state index in [1.165, 1.54) is 6.07 Å². The molecule has 0 spiro atoms. The minimum Gasteiger partial charge on any atom is -0.275 e. The number of hydrogen-bond donors (Lipinski definition) is 2. The van der Waals surface area contributed by atoms with Crippen molar-refractivity contribution >= 4 is 0 Å². The first-order valence-electron chi connectivity index (χ1n) is 6.22. The first-order chi connectivity index (χ1) is 9.01. The van der Waals surface area contributed by atoms with Crippen LogP contribution in [0, 0.1) is 19.7 Å². The van der Waals surface area contributed by atoms with E-state index in [0.717, 1.165) is 22.4 Å². The standard InChI is InChI=1S/C14H19FN4/c1-9-6-12(15)5-4-11(9)7-14(17-16)13-8-19(3)18-10(13)2/h4-6,8,14,17H,7,16H2,1-3H3. The Morgan fingerprint density at radius 1 is 1.42 bits per heavy atom. The third-order valence-corrected chi connectivity index (χ3v) is 3.36. The molecular formula is C14H19FN4. The molecule has 0 aliphatic heterocycles. The summed E-state index contributed by atoms with van der Waals surface area (Å²) in [6.07, 6.45) is 2.66. The lowest BCUT2D eigenvalue weighted by Gasteiger charge is -2.16. The van der Waals surface area contributed by atoms with E-state index in [9.17, 15) is 4.39 Å². The maximum absolute atomic E-state index is 13.1. The van der Waals surface area contributed by atoms with Crippen molar-refractivity contribution in [2.24, 2.45) is 12.9 Å². The van der Waals surface area contributed by atoms with Crippen LogP contribution >= 0.6 is 0 Å². The highest BCUT2D eigenvalue weighted by atomic mass is 19.1. The fraction of sp³-hybridized carbons (Fsp3) is 0.357. The van der Waals surface area contributed by atoms with Gasteiger partial charge in [-0.1, -0.05) is 6.07 Å². The van der Waals surface area contributed by atoms with Gasteiger partial charge in [-0.3, -0.25) is 16.0 Å². The second-order valence-corrected chi connectivity index (χ2v) is 4.84. The Bertz CT molecular complexity index is 577. The zero-order valence-electron chi connectivity index (χ0n) is 11.4. The van der Waals surface area contributed by atoms with Crippen LogP contribution in [0.4, 0.5) is 4.39 Å². The van der Waals surface area contributed by atoms with Gasteiger partial charge in [0, 0.05) is 18.8 Å². The molecule has 0 saturated heterocycles. The first kappa shape index (κ1) is 13.7. The number of nitrogens with one attached hydrogen (secondary N) is 1. The van der Waals surface area contributed by atoms with Crippen molar-refractivity contribution in [1.29, 1.82) is 0 Å². The van der Waals surface area contributed by atoms with Crippen LogP contribution in [-0.4, -0.2) is 9.78 Å². The molecule has 0 bridgehead atoms. The molecule has 1 unspecified atom stereocenters. The minimum atomic E-state index is -0.212. The van der Waals surface area contributed by atoms with Crippen molar-refractivity contribution in [3.8, 4) is 0 Å². The summed E-state index contributed by atoms with van der Waals surface area (Å²) in [6.45, 7) is 3.86. The highest BCUT2D eigenvalue weighted by Crippen LogP contribution is 2.22. The van der Waals surface area contributed by atoms with Crippen LogP contribution in [0.1, 0.15) is 28.4 Å². The third-order valence-electron chi connectivity index (χ3n) is 3.36. The summed E-state index contributed by atoms with van der Waals surface area (Å²) in [6, 6.07) is 4.80. The molecule has 0 amide bonds. The van der Waals surface area contributed by atoms with Crippen LogP contribution in [0.2, 0.25) is 0 Å². The number of nitrogens with two attached hydrogens (primary N) is 1. The molecule has 4 nitrogen and oxygen atoms in total. The number of rotatable bonds is 4. The van der Waals surface area contributed by atoms with Crippen LogP contribution in [0.15, 0.2) is 24.4 Å². The van der Waals surface area contributed by atoms with Gasteiger partial charge in [0.1, 0.15) is 5.82 Å². The van der Waals surface area contributed by atoms with Gasteiger partial charge in [-0.15, -0.1) is 0 Å². The molecule has 2 rings (SSSR count). The van der Waals surface area contributed by atoms with Crippen LogP contribution in [-0.2, 0) is 13.5 Å². The molecule has 1 atom stereocenters. The molecule has 1 heterocycles. The summed E-state index contributed by atoms with van der Waals surface area (Å²) in [5, 5.41) is 4.32. The number of hydrazine groups is 1. The van der Waals surface area contributed by atoms with Crippen molar-refractivity contribution in [1.82, 2.24) is 15.2 Å². The predicted molar refractivity (Wildman–Crippen MR) is 72.9 cm³/mol. The Balaban J connectivity index is 2.26. The van der Waals surface area contributed by atoms with Gasteiger partial charge in [0.15, 0.2) is 0 Å². The second-order valence-electron chi connectivity index (χ2n) is 4.84. The third kappa shape index (κ3) is 3.00. The molecule has 0 radical (unpaired) electrons. The van der Waals surface area contributed by atoms with E-state index in [2.05, 4.69) is 10.5 Å². The summed E-state index contributed by atoms with van der Waals surface area (Å²) in [7, 11) is 1.88. The Morgan fingerprint density at radius 2 is 2.16 bits per heavy atom. The molecule has 0 fully saturated rings. The second kappa shape index (κ2) is 5.50. The maximum atomic E-state index is 13.1. The van der Waals surface area contributed by atoms with E-state index in [4.69, 9.17) is 5.84 Å². The summed E-state index contributed by atoms with van der Waals surface area (Å²) in [5.41, 5.74) is 6.84. The summed E-state index contributed by atoms with van der Waals surface area (Å²) in [5.74, 6) is 5.44. The Hall–Kier alpha value is -1.72. The van der Waals surface area contributed by atoms with Crippen LogP contribution < -0.4 is 11.3 Å². The zero-order valence-corrected chi connectivity index (χ0v) is 11.4. The molecule has 2 aromatic rings. The van der Waals surface area contributed by atoms with E-state index in [-0.39, 0.29) is 11.9 Å². The summed E-state index contributed by atoms with van der Waals surface area (Å²) in [4.78, 5) is 0. The zero-order chi connectivity index (χ0) is 14.0. The molecule has 0 saturated carbocycles. The average Bonchev–Trinajstić information content (AvgIpc) is 2.68. The van der Waals surface area contributed by atoms with Gasteiger partial charge in [-0.2, -0.15) is 5.10 Å². The number of halogens is 1. The summed E-state index contributed by atoms with van der Waals surface area (Å²) < 4.78 is 14.9. The Labute approximate surface area is 112 Å². The van der Waals surface area contributed by atoms with E-state index >= 15 is 0 Å². The SMILES string of the molecule is Cc1cc(F)ccc1CC(NN)c1cn(C)nc1C. The monoisotopic (exact) mass is 262 g/mol. The normalized spacial score (nSPS) is 12.7. The molecule has 5 heteroatoms. The topological polar surface area (TPSA) is 55.9 Å². The molecule has 19 heavy (non-hydrogen) atoms. The van der Waals surface area contributed by atoms with Gasteiger partial charge in [0.25, 0.3) is 0 Å². The van der Waals surface area contributed by atoms with Gasteiger partial charge in [-0.25, -0.2) is 4.39 Å². The molecule has 102 valence electrons. The highest BCUT2D eigenvalue weighted by Gasteiger charge is 2.16. The lowest BCUT2D eigenvalue weighted by Crippen LogP contribution is -2.30. The largest absolute Gasteiger partial charge is 0.275 e. The van der Waals surface area contributed by atoms with E-state index in [0.29, 0.717) is 6.42 Å². The lowest BCUT2D eigenvalue weighted by molar-refractivity contribution is 0.546. The fourth-order valence-electron chi connectivity index (χ4n) is 2.33. The molecule has 1 aromatic carbocycles. The van der Waals surface area contributed by atoms with Crippen molar-refractivity contribution in [2.45, 2.75) is 26.3 Å². The number of hydrogen-bond acceptors (Lipinski definition) is 3. The van der Waals surface area contributed by atoms with Gasteiger partial charge in [-0.05, 0) is 43.5 Å². The van der Waals surface area contributed by atoms with E-state index < -0.39 is 0 Å². The van der Waals surface area contributed by atoms with Crippen LogP contribution in [0.3, 0.4) is 0 Å². The van der Waals surface area contributed by atoms with Crippen molar-refractivity contribution in [2.75, 3.05) is 0 Å². The van der Waals surface area contributed by atoms with E-state index in [1.807, 2.05) is 27.1 Å². The molecule has 1 aromatic heterocycles. The van der Waals surface area contributed by atoms with Crippen LogP contribution in [0.25, 0.3) is 0 Å². The number of aromatic nitrogens is 2. The average molecular weight is 262 g/mol. The highest BCUT2D eigenvalue weighted by molar-refractivity contribution is 5.30. The predicted octanol–water partition coefficient (Wildman–Crippen LogP) is 1.92. The number of nitrogens with zero attached hydrogens (tertiary/aromatic N) is 2. The Kier molecular flexibility index (Phi) is 3.97. The molecular weight excluding hydrogens is 243 g/mol. The van der Waals surface area contributed by atoms with Crippen molar-refractivity contribution in [3.05, 3.63) is 52.6 Å². The van der Waals surface area contributed by atoms with Gasteiger partial charge < -0.3 is 0 Å².